The predicted molar refractivity (Wildman–Crippen MR) is 64.9 cm³/mol. The van der Waals surface area contributed by atoms with Crippen LogP contribution in [-0.2, 0) is 27.2 Å². The number of hydrogen-bond acceptors (Lipinski definition) is 4. The first-order chi connectivity index (χ1) is 8.56. The summed E-state index contributed by atoms with van der Waals surface area (Å²) in [7, 11) is 0. The van der Waals surface area contributed by atoms with Gasteiger partial charge in [-0.2, -0.15) is 0 Å². The van der Waals surface area contributed by atoms with Crippen molar-refractivity contribution in [2.45, 2.75) is 33.1 Å². The molecule has 1 aliphatic heterocycles. The van der Waals surface area contributed by atoms with Gasteiger partial charge in [-0.3, -0.25) is 0 Å². The second-order valence-electron chi connectivity index (χ2n) is 4.74. The van der Waals surface area contributed by atoms with Crippen LogP contribution in [-0.4, -0.2) is 11.9 Å². The summed E-state index contributed by atoms with van der Waals surface area (Å²) in [6, 6.07) is 0. The lowest BCUT2D eigenvalue weighted by molar-refractivity contribution is -0.150. The van der Waals surface area contributed by atoms with Gasteiger partial charge in [0.15, 0.2) is 0 Å². The molecule has 0 radical (unpaired) electrons. The van der Waals surface area contributed by atoms with Crippen molar-refractivity contribution >= 4 is 11.9 Å². The monoisotopic (exact) mass is 248 g/mol. The maximum absolute atomic E-state index is 9.92. The van der Waals surface area contributed by atoms with Crippen molar-refractivity contribution in [3.8, 4) is 0 Å². The van der Waals surface area contributed by atoms with Gasteiger partial charge in [0.1, 0.15) is 5.76 Å². The molecule has 1 atom stereocenters. The summed E-state index contributed by atoms with van der Waals surface area (Å²) in [6.45, 7) is 4.43. The first-order valence-electron chi connectivity index (χ1n) is 6.06. The topological polar surface area (TPSA) is 56.5 Å². The SMILES string of the molecule is Cc1coc2c1CCC(C)C2.O=C1C=CC(=O)O1. The number of carbonyl (C=O) groups excluding carboxylic acids is 2. The van der Waals surface area contributed by atoms with E-state index in [1.54, 1.807) is 0 Å². The molecule has 0 spiro atoms. The van der Waals surface area contributed by atoms with Crippen molar-refractivity contribution in [2.75, 3.05) is 0 Å². The Morgan fingerprint density at radius 1 is 1.22 bits per heavy atom. The van der Waals surface area contributed by atoms with Crippen LogP contribution in [0.25, 0.3) is 0 Å². The van der Waals surface area contributed by atoms with E-state index in [0.717, 1.165) is 24.5 Å². The van der Waals surface area contributed by atoms with E-state index in [9.17, 15) is 9.59 Å². The fraction of sp³-hybridized carbons (Fsp3) is 0.429. The molecule has 0 saturated carbocycles. The Balaban J connectivity index is 0.000000149. The summed E-state index contributed by atoms with van der Waals surface area (Å²) in [5, 5.41) is 0. The average Bonchev–Trinajstić information content (AvgIpc) is 2.86. The van der Waals surface area contributed by atoms with E-state index >= 15 is 0 Å². The Hall–Kier alpha value is -1.84. The average molecular weight is 248 g/mol. The summed E-state index contributed by atoms with van der Waals surface area (Å²) in [5.41, 5.74) is 2.81. The van der Waals surface area contributed by atoms with Crippen molar-refractivity contribution < 1.29 is 18.7 Å². The molecule has 0 N–H and O–H groups in total. The van der Waals surface area contributed by atoms with Gasteiger partial charge in [0, 0.05) is 18.6 Å². The molecule has 96 valence electrons. The van der Waals surface area contributed by atoms with E-state index < -0.39 is 11.9 Å². The van der Waals surface area contributed by atoms with Crippen LogP contribution in [0.1, 0.15) is 30.2 Å². The smallest absolute Gasteiger partial charge is 0.338 e. The number of esters is 2. The zero-order valence-corrected chi connectivity index (χ0v) is 10.6. The molecule has 0 bridgehead atoms. The van der Waals surface area contributed by atoms with Gasteiger partial charge in [-0.1, -0.05) is 6.92 Å². The Kier molecular flexibility index (Phi) is 3.65. The standard InChI is InChI=1S/C10H14O.C4H2O3/c1-7-3-4-9-8(2)6-11-10(9)5-7;5-3-1-2-4(6)7-3/h6-7H,3-5H2,1-2H3;1-2H. The lowest BCUT2D eigenvalue weighted by Crippen LogP contribution is -2.09. The van der Waals surface area contributed by atoms with E-state index in [4.69, 9.17) is 4.42 Å². The molecule has 1 unspecified atom stereocenters. The lowest BCUT2D eigenvalue weighted by atomic mass is 9.88. The number of cyclic esters (lactones) is 2. The first-order valence-corrected chi connectivity index (χ1v) is 6.06. The molecule has 0 fully saturated rings. The molecule has 1 aromatic rings. The van der Waals surface area contributed by atoms with Gasteiger partial charge in [-0.25, -0.2) is 9.59 Å². The fourth-order valence-corrected chi connectivity index (χ4v) is 2.14. The van der Waals surface area contributed by atoms with Gasteiger partial charge in [0.25, 0.3) is 0 Å². The zero-order chi connectivity index (χ0) is 13.1. The van der Waals surface area contributed by atoms with Crippen LogP contribution in [0, 0.1) is 12.8 Å². The maximum atomic E-state index is 9.92. The van der Waals surface area contributed by atoms with E-state index in [1.165, 1.54) is 29.7 Å². The minimum absolute atomic E-state index is 0.579. The van der Waals surface area contributed by atoms with Crippen LogP contribution in [0.15, 0.2) is 22.8 Å². The van der Waals surface area contributed by atoms with Crippen molar-refractivity contribution in [1.29, 1.82) is 0 Å². The van der Waals surface area contributed by atoms with E-state index in [1.807, 2.05) is 6.26 Å². The van der Waals surface area contributed by atoms with Crippen LogP contribution in [0.2, 0.25) is 0 Å². The quantitative estimate of drug-likeness (QED) is 0.522. The van der Waals surface area contributed by atoms with Crippen molar-refractivity contribution in [2.24, 2.45) is 5.92 Å². The van der Waals surface area contributed by atoms with E-state index in [0.29, 0.717) is 0 Å². The molecule has 2 aliphatic rings. The molecule has 4 heteroatoms. The molecule has 1 aliphatic carbocycles. The van der Waals surface area contributed by atoms with Crippen LogP contribution < -0.4 is 0 Å². The highest BCUT2D eigenvalue weighted by Crippen LogP contribution is 2.28. The van der Waals surface area contributed by atoms with E-state index in [2.05, 4.69) is 18.6 Å². The number of ether oxygens (including phenoxy) is 1. The first kappa shape index (κ1) is 12.6. The van der Waals surface area contributed by atoms with Gasteiger partial charge in [-0.15, -0.1) is 0 Å². The number of aryl methyl sites for hydroxylation is 1. The maximum Gasteiger partial charge on any atom is 0.338 e. The van der Waals surface area contributed by atoms with Gasteiger partial charge >= 0.3 is 11.9 Å². The molecule has 4 nitrogen and oxygen atoms in total. The number of carbonyl (C=O) groups is 2. The zero-order valence-electron chi connectivity index (χ0n) is 10.6. The van der Waals surface area contributed by atoms with Gasteiger partial charge in [-0.05, 0) is 36.8 Å². The third kappa shape index (κ3) is 2.88. The number of rotatable bonds is 0. The lowest BCUT2D eigenvalue weighted by Gasteiger charge is -2.16. The van der Waals surface area contributed by atoms with Gasteiger partial charge < -0.3 is 9.15 Å². The summed E-state index contributed by atoms with van der Waals surface area (Å²) >= 11 is 0. The summed E-state index contributed by atoms with van der Waals surface area (Å²) in [6.07, 6.45) is 7.75. The Bertz CT molecular complexity index is 480. The molecule has 3 rings (SSSR count). The molecular weight excluding hydrogens is 232 g/mol. The normalized spacial score (nSPS) is 21.1. The summed E-state index contributed by atoms with van der Waals surface area (Å²) in [4.78, 5) is 19.8. The third-order valence-corrected chi connectivity index (χ3v) is 3.17. The molecule has 0 aromatic carbocycles. The van der Waals surface area contributed by atoms with Gasteiger partial charge in [0.2, 0.25) is 0 Å². The molecule has 0 amide bonds. The number of fused-ring (bicyclic) bond motifs is 1. The Morgan fingerprint density at radius 2 is 1.89 bits per heavy atom. The molecule has 2 heterocycles. The van der Waals surface area contributed by atoms with Crippen molar-refractivity contribution in [3.63, 3.8) is 0 Å². The molecule has 0 saturated heterocycles. The highest BCUT2D eigenvalue weighted by molar-refractivity contribution is 6.04. The fourth-order valence-electron chi connectivity index (χ4n) is 2.14. The highest BCUT2D eigenvalue weighted by Gasteiger charge is 2.19. The second-order valence-corrected chi connectivity index (χ2v) is 4.74. The summed E-state index contributed by atoms with van der Waals surface area (Å²) < 4.78 is 9.43. The van der Waals surface area contributed by atoms with Crippen molar-refractivity contribution in [1.82, 2.24) is 0 Å². The molecule has 1 aromatic heterocycles. The van der Waals surface area contributed by atoms with Crippen LogP contribution in [0.4, 0.5) is 0 Å². The van der Waals surface area contributed by atoms with Gasteiger partial charge in [0.05, 0.1) is 6.26 Å². The largest absolute Gasteiger partial charge is 0.469 e. The van der Waals surface area contributed by atoms with Crippen molar-refractivity contribution in [3.05, 3.63) is 35.3 Å². The number of hydrogen-bond donors (Lipinski definition) is 0. The molecular formula is C14H16O4. The minimum Gasteiger partial charge on any atom is -0.469 e. The minimum atomic E-state index is -0.579. The second kappa shape index (κ2) is 5.21. The predicted octanol–water partition coefficient (Wildman–Crippen LogP) is 2.34. The van der Waals surface area contributed by atoms with Crippen LogP contribution in [0.5, 0.6) is 0 Å². The Labute approximate surface area is 106 Å². The van der Waals surface area contributed by atoms with Crippen LogP contribution in [0.3, 0.4) is 0 Å². The molecule has 18 heavy (non-hydrogen) atoms. The number of furan rings is 1. The van der Waals surface area contributed by atoms with E-state index in [-0.39, 0.29) is 0 Å². The van der Waals surface area contributed by atoms with Crippen LogP contribution >= 0.6 is 0 Å². The third-order valence-electron chi connectivity index (χ3n) is 3.17. The summed E-state index contributed by atoms with van der Waals surface area (Å²) in [5.74, 6) is 0.893. The highest BCUT2D eigenvalue weighted by atomic mass is 16.6. The Morgan fingerprint density at radius 3 is 2.44 bits per heavy atom.